The van der Waals surface area contributed by atoms with Gasteiger partial charge in [0.15, 0.2) is 6.29 Å². The summed E-state index contributed by atoms with van der Waals surface area (Å²) in [4.78, 5) is 10.8. The maximum absolute atomic E-state index is 13.6. The van der Waals surface area contributed by atoms with Crippen molar-refractivity contribution in [1.82, 2.24) is 5.32 Å². The molecule has 0 saturated carbocycles. The van der Waals surface area contributed by atoms with Crippen LogP contribution in [-0.2, 0) is 4.74 Å². The lowest BCUT2D eigenvalue weighted by Crippen LogP contribution is -2.34. The van der Waals surface area contributed by atoms with E-state index in [9.17, 15) is 9.18 Å². The van der Waals surface area contributed by atoms with Crippen LogP contribution in [-0.4, -0.2) is 26.0 Å². The van der Waals surface area contributed by atoms with Crippen LogP contribution in [0.3, 0.4) is 0 Å². The highest BCUT2D eigenvalue weighted by Crippen LogP contribution is 2.24. The highest BCUT2D eigenvalue weighted by molar-refractivity contribution is 5.77. The third kappa shape index (κ3) is 2.06. The fourth-order valence-electron chi connectivity index (χ4n) is 1.75. The molecule has 0 radical (unpaired) electrons. The molecule has 4 heteroatoms. The minimum Gasteiger partial charge on any atom is -0.371 e. The largest absolute Gasteiger partial charge is 0.371 e. The standard InChI is InChI=1S/C11H12FNO2/c12-9-3-1-2-8(7-14)11(9)10-6-13-4-5-15-10/h1-3,7,10,13H,4-6H2. The highest BCUT2D eigenvalue weighted by atomic mass is 19.1. The van der Waals surface area contributed by atoms with Crippen molar-refractivity contribution in [2.45, 2.75) is 6.10 Å². The van der Waals surface area contributed by atoms with Gasteiger partial charge in [0, 0.05) is 24.2 Å². The molecule has 1 saturated heterocycles. The summed E-state index contributed by atoms with van der Waals surface area (Å²) in [6.45, 7) is 1.85. The van der Waals surface area contributed by atoms with E-state index < -0.39 is 0 Å². The zero-order chi connectivity index (χ0) is 10.7. The second-order valence-corrected chi connectivity index (χ2v) is 3.42. The van der Waals surface area contributed by atoms with Gasteiger partial charge in [-0.25, -0.2) is 4.39 Å². The predicted molar refractivity (Wildman–Crippen MR) is 53.4 cm³/mol. The van der Waals surface area contributed by atoms with Gasteiger partial charge in [-0.3, -0.25) is 4.79 Å². The predicted octanol–water partition coefficient (Wildman–Crippen LogP) is 1.30. The number of nitrogens with one attached hydrogen (secondary N) is 1. The van der Waals surface area contributed by atoms with Gasteiger partial charge in [-0.15, -0.1) is 0 Å². The molecule has 1 fully saturated rings. The van der Waals surface area contributed by atoms with Gasteiger partial charge in [-0.05, 0) is 6.07 Å². The van der Waals surface area contributed by atoms with Crippen molar-refractivity contribution in [3.05, 3.63) is 35.1 Å². The Labute approximate surface area is 87.2 Å². The normalized spacial score (nSPS) is 21.3. The number of morpholine rings is 1. The maximum atomic E-state index is 13.6. The van der Waals surface area contributed by atoms with E-state index in [0.717, 1.165) is 6.54 Å². The van der Waals surface area contributed by atoms with E-state index in [1.165, 1.54) is 12.1 Å². The minimum atomic E-state index is -0.381. The SMILES string of the molecule is O=Cc1cccc(F)c1C1CNCCO1. The summed E-state index contributed by atoms with van der Waals surface area (Å²) in [5.41, 5.74) is 0.725. The van der Waals surface area contributed by atoms with Crippen LogP contribution in [0, 0.1) is 5.82 Å². The molecule has 0 aromatic heterocycles. The summed E-state index contributed by atoms with van der Waals surface area (Å²) >= 11 is 0. The van der Waals surface area contributed by atoms with Gasteiger partial charge in [0.05, 0.1) is 12.7 Å². The van der Waals surface area contributed by atoms with E-state index in [2.05, 4.69) is 5.32 Å². The average Bonchev–Trinajstić information content (AvgIpc) is 2.29. The van der Waals surface area contributed by atoms with Crippen LogP contribution >= 0.6 is 0 Å². The van der Waals surface area contributed by atoms with Crippen LogP contribution in [0.4, 0.5) is 4.39 Å². The van der Waals surface area contributed by atoms with Crippen LogP contribution in [0.25, 0.3) is 0 Å². The lowest BCUT2D eigenvalue weighted by Gasteiger charge is -2.25. The van der Waals surface area contributed by atoms with Crippen molar-refractivity contribution in [3.8, 4) is 0 Å². The van der Waals surface area contributed by atoms with Crippen molar-refractivity contribution in [2.75, 3.05) is 19.7 Å². The Bertz CT molecular complexity index is 362. The number of halogens is 1. The molecule has 1 aliphatic rings. The molecule has 1 heterocycles. The maximum Gasteiger partial charge on any atom is 0.150 e. The van der Waals surface area contributed by atoms with Crippen LogP contribution in [0.15, 0.2) is 18.2 Å². The van der Waals surface area contributed by atoms with Gasteiger partial charge < -0.3 is 10.1 Å². The molecule has 0 spiro atoms. The minimum absolute atomic E-state index is 0.361. The lowest BCUT2D eigenvalue weighted by molar-refractivity contribution is 0.0251. The summed E-state index contributed by atoms with van der Waals surface area (Å²) in [7, 11) is 0. The van der Waals surface area contributed by atoms with E-state index in [4.69, 9.17) is 4.74 Å². The van der Waals surface area contributed by atoms with Crippen molar-refractivity contribution in [3.63, 3.8) is 0 Å². The van der Waals surface area contributed by atoms with Crippen LogP contribution in [0.1, 0.15) is 22.0 Å². The molecule has 3 nitrogen and oxygen atoms in total. The van der Waals surface area contributed by atoms with E-state index in [1.54, 1.807) is 6.07 Å². The molecule has 2 rings (SSSR count). The van der Waals surface area contributed by atoms with Crippen molar-refractivity contribution in [1.29, 1.82) is 0 Å². The third-order valence-electron chi connectivity index (χ3n) is 2.46. The first-order valence-corrected chi connectivity index (χ1v) is 4.89. The van der Waals surface area contributed by atoms with E-state index in [0.29, 0.717) is 30.6 Å². The Balaban J connectivity index is 2.35. The number of benzene rings is 1. The molecule has 1 aromatic rings. The number of aldehydes is 1. The fourth-order valence-corrected chi connectivity index (χ4v) is 1.75. The molecule has 80 valence electrons. The van der Waals surface area contributed by atoms with E-state index in [1.807, 2.05) is 0 Å². The molecule has 1 unspecified atom stereocenters. The first kappa shape index (κ1) is 10.3. The van der Waals surface area contributed by atoms with Gasteiger partial charge in [0.1, 0.15) is 5.82 Å². The molecule has 1 atom stereocenters. The lowest BCUT2D eigenvalue weighted by atomic mass is 10.0. The number of carbonyl (C=O) groups excluding carboxylic acids is 1. The van der Waals surface area contributed by atoms with Crippen LogP contribution < -0.4 is 5.32 Å². The molecule has 15 heavy (non-hydrogen) atoms. The average molecular weight is 209 g/mol. The second kappa shape index (κ2) is 4.51. The zero-order valence-electron chi connectivity index (χ0n) is 8.20. The number of ether oxygens (including phenoxy) is 1. The number of carbonyl (C=O) groups is 1. The smallest absolute Gasteiger partial charge is 0.150 e. The van der Waals surface area contributed by atoms with Gasteiger partial charge in [0.25, 0.3) is 0 Å². The molecular formula is C11H12FNO2. The molecule has 0 aliphatic carbocycles. The monoisotopic (exact) mass is 209 g/mol. The summed E-state index contributed by atoms with van der Waals surface area (Å²) < 4.78 is 19.0. The number of rotatable bonds is 2. The molecule has 1 aromatic carbocycles. The Morgan fingerprint density at radius 3 is 3.07 bits per heavy atom. The zero-order valence-corrected chi connectivity index (χ0v) is 8.20. The fraction of sp³-hybridized carbons (Fsp3) is 0.364. The van der Waals surface area contributed by atoms with Gasteiger partial charge in [0.2, 0.25) is 0 Å². The van der Waals surface area contributed by atoms with Crippen molar-refractivity contribution in [2.24, 2.45) is 0 Å². The second-order valence-electron chi connectivity index (χ2n) is 3.42. The molecule has 0 amide bonds. The summed E-state index contributed by atoms with van der Waals surface area (Å²) in [6.07, 6.45) is 0.302. The Hall–Kier alpha value is -1.26. The Kier molecular flexibility index (Phi) is 3.08. The van der Waals surface area contributed by atoms with Crippen LogP contribution in [0.2, 0.25) is 0 Å². The molecule has 1 N–H and O–H groups in total. The number of hydrogen-bond donors (Lipinski definition) is 1. The molecule has 0 bridgehead atoms. The van der Waals surface area contributed by atoms with Gasteiger partial charge >= 0.3 is 0 Å². The Morgan fingerprint density at radius 2 is 2.40 bits per heavy atom. The molecular weight excluding hydrogens is 197 g/mol. The topological polar surface area (TPSA) is 38.3 Å². The van der Waals surface area contributed by atoms with E-state index in [-0.39, 0.29) is 11.9 Å². The first-order chi connectivity index (χ1) is 7.33. The summed E-state index contributed by atoms with van der Waals surface area (Å²) in [5, 5.41) is 3.10. The first-order valence-electron chi connectivity index (χ1n) is 4.89. The van der Waals surface area contributed by atoms with Crippen molar-refractivity contribution >= 4 is 6.29 Å². The van der Waals surface area contributed by atoms with Gasteiger partial charge in [-0.2, -0.15) is 0 Å². The van der Waals surface area contributed by atoms with Gasteiger partial charge in [-0.1, -0.05) is 12.1 Å². The van der Waals surface area contributed by atoms with Crippen LogP contribution in [0.5, 0.6) is 0 Å². The molecule has 1 aliphatic heterocycles. The van der Waals surface area contributed by atoms with Crippen molar-refractivity contribution < 1.29 is 13.9 Å². The summed E-state index contributed by atoms with van der Waals surface area (Å²) in [6, 6.07) is 4.47. The van der Waals surface area contributed by atoms with E-state index >= 15 is 0 Å². The Morgan fingerprint density at radius 1 is 1.53 bits per heavy atom. The number of hydrogen-bond acceptors (Lipinski definition) is 3. The summed E-state index contributed by atoms with van der Waals surface area (Å²) in [5.74, 6) is -0.381. The third-order valence-corrected chi connectivity index (χ3v) is 2.46. The highest BCUT2D eigenvalue weighted by Gasteiger charge is 2.21. The quantitative estimate of drug-likeness (QED) is 0.746.